The molecule has 0 amide bonds. The highest BCUT2D eigenvalue weighted by Crippen LogP contribution is 2.43. The van der Waals surface area contributed by atoms with Gasteiger partial charge in [-0.15, -0.1) is 0 Å². The van der Waals surface area contributed by atoms with Crippen molar-refractivity contribution in [1.82, 2.24) is 4.72 Å². The second kappa shape index (κ2) is 4.40. The largest absolute Gasteiger partial charge is 0.330 e. The summed E-state index contributed by atoms with van der Waals surface area (Å²) in [6, 6.07) is 6.98. The monoisotopic (exact) mass is 254 g/mol. The lowest BCUT2D eigenvalue weighted by Gasteiger charge is -2.14. The van der Waals surface area contributed by atoms with Crippen molar-refractivity contribution in [1.29, 1.82) is 0 Å². The van der Waals surface area contributed by atoms with Gasteiger partial charge < -0.3 is 5.73 Å². The minimum atomic E-state index is -3.40. The molecule has 0 heterocycles. The van der Waals surface area contributed by atoms with E-state index in [1.165, 1.54) is 0 Å². The maximum absolute atomic E-state index is 12.1. The highest BCUT2D eigenvalue weighted by molar-refractivity contribution is 7.89. The molecule has 0 aliphatic heterocycles. The first-order valence-electron chi connectivity index (χ1n) is 5.74. The van der Waals surface area contributed by atoms with Crippen molar-refractivity contribution in [3.05, 3.63) is 29.8 Å². The van der Waals surface area contributed by atoms with E-state index in [2.05, 4.69) is 4.72 Å². The highest BCUT2D eigenvalue weighted by atomic mass is 32.2. The zero-order chi connectivity index (χ0) is 12.5. The summed E-state index contributed by atoms with van der Waals surface area (Å²) in [7, 11) is -3.40. The Morgan fingerprint density at radius 3 is 2.53 bits per heavy atom. The summed E-state index contributed by atoms with van der Waals surface area (Å²) < 4.78 is 26.8. The molecule has 94 valence electrons. The third-order valence-corrected chi connectivity index (χ3v) is 4.97. The van der Waals surface area contributed by atoms with Crippen LogP contribution < -0.4 is 10.5 Å². The van der Waals surface area contributed by atoms with Gasteiger partial charge in [0.15, 0.2) is 0 Å². The van der Waals surface area contributed by atoms with E-state index in [1.54, 1.807) is 25.1 Å². The molecule has 2 rings (SSSR count). The molecule has 0 spiro atoms. The third-order valence-electron chi connectivity index (χ3n) is 3.41. The molecule has 0 bridgehead atoms. The lowest BCUT2D eigenvalue weighted by molar-refractivity contribution is 0.500. The number of rotatable bonds is 5. The molecule has 1 saturated carbocycles. The minimum absolute atomic E-state index is 0.00968. The van der Waals surface area contributed by atoms with Gasteiger partial charge >= 0.3 is 0 Å². The van der Waals surface area contributed by atoms with E-state index in [1.807, 2.05) is 6.07 Å². The zero-order valence-corrected chi connectivity index (χ0v) is 10.8. The van der Waals surface area contributed by atoms with Crippen LogP contribution in [0, 0.1) is 12.3 Å². The van der Waals surface area contributed by atoms with Crippen molar-refractivity contribution in [2.24, 2.45) is 11.1 Å². The fourth-order valence-corrected chi connectivity index (χ4v) is 3.21. The third kappa shape index (κ3) is 2.68. The maximum atomic E-state index is 12.1. The molecule has 1 aromatic rings. The van der Waals surface area contributed by atoms with Gasteiger partial charge in [0.1, 0.15) is 0 Å². The van der Waals surface area contributed by atoms with Gasteiger partial charge in [0.2, 0.25) is 10.0 Å². The molecule has 1 aliphatic carbocycles. The number of nitrogens with two attached hydrogens (primary N) is 1. The summed E-state index contributed by atoms with van der Waals surface area (Å²) in [5.74, 6) is 0. The molecule has 1 fully saturated rings. The van der Waals surface area contributed by atoms with Crippen molar-refractivity contribution in [2.45, 2.75) is 24.7 Å². The van der Waals surface area contributed by atoms with E-state index in [0.29, 0.717) is 18.0 Å². The van der Waals surface area contributed by atoms with Crippen molar-refractivity contribution < 1.29 is 8.42 Å². The number of hydrogen-bond acceptors (Lipinski definition) is 3. The lowest BCUT2D eigenvalue weighted by atomic mass is 10.1. The summed E-state index contributed by atoms with van der Waals surface area (Å²) in [6.45, 7) is 2.79. The zero-order valence-electron chi connectivity index (χ0n) is 9.94. The van der Waals surface area contributed by atoms with Crippen LogP contribution in [-0.4, -0.2) is 21.5 Å². The molecule has 0 saturated heterocycles. The molecule has 0 unspecified atom stereocenters. The van der Waals surface area contributed by atoms with Gasteiger partial charge in [0, 0.05) is 6.54 Å². The SMILES string of the molecule is Cc1ccccc1S(=O)(=O)NCC1(CN)CC1. The van der Waals surface area contributed by atoms with Gasteiger partial charge in [-0.25, -0.2) is 13.1 Å². The highest BCUT2D eigenvalue weighted by Gasteiger charge is 2.41. The molecule has 4 nitrogen and oxygen atoms in total. The van der Waals surface area contributed by atoms with Gasteiger partial charge in [-0.05, 0) is 43.4 Å². The maximum Gasteiger partial charge on any atom is 0.240 e. The quantitative estimate of drug-likeness (QED) is 0.823. The van der Waals surface area contributed by atoms with Crippen LogP contribution in [0.25, 0.3) is 0 Å². The number of benzene rings is 1. The predicted octanol–water partition coefficient (Wildman–Crippen LogP) is 1.01. The fraction of sp³-hybridized carbons (Fsp3) is 0.500. The molecule has 5 heteroatoms. The van der Waals surface area contributed by atoms with Gasteiger partial charge in [-0.2, -0.15) is 0 Å². The Hall–Kier alpha value is -0.910. The van der Waals surface area contributed by atoms with Gasteiger partial charge in [-0.1, -0.05) is 18.2 Å². The van der Waals surface area contributed by atoms with Crippen LogP contribution >= 0.6 is 0 Å². The van der Waals surface area contributed by atoms with Crippen molar-refractivity contribution in [3.63, 3.8) is 0 Å². The van der Waals surface area contributed by atoms with Crippen LogP contribution in [0.5, 0.6) is 0 Å². The van der Waals surface area contributed by atoms with E-state index in [0.717, 1.165) is 18.4 Å². The van der Waals surface area contributed by atoms with E-state index in [-0.39, 0.29) is 5.41 Å². The van der Waals surface area contributed by atoms with Gasteiger partial charge in [-0.3, -0.25) is 0 Å². The molecule has 1 aromatic carbocycles. The van der Waals surface area contributed by atoms with E-state index >= 15 is 0 Å². The second-order valence-electron chi connectivity index (χ2n) is 4.79. The number of aryl methyl sites for hydroxylation is 1. The average molecular weight is 254 g/mol. The van der Waals surface area contributed by atoms with Crippen molar-refractivity contribution in [3.8, 4) is 0 Å². The lowest BCUT2D eigenvalue weighted by Crippen LogP contribution is -2.34. The van der Waals surface area contributed by atoms with Crippen LogP contribution in [-0.2, 0) is 10.0 Å². The van der Waals surface area contributed by atoms with Crippen LogP contribution in [0.15, 0.2) is 29.2 Å². The Labute approximate surface area is 102 Å². The smallest absolute Gasteiger partial charge is 0.240 e. The Balaban J connectivity index is 2.12. The molecule has 17 heavy (non-hydrogen) atoms. The molecule has 0 aromatic heterocycles. The Bertz CT molecular complexity index is 507. The molecular formula is C12H18N2O2S. The topological polar surface area (TPSA) is 72.2 Å². The Morgan fingerprint density at radius 1 is 1.35 bits per heavy atom. The second-order valence-corrected chi connectivity index (χ2v) is 6.53. The number of sulfonamides is 1. The Morgan fingerprint density at radius 2 is 2.00 bits per heavy atom. The van der Waals surface area contributed by atoms with Crippen LogP contribution in [0.4, 0.5) is 0 Å². The van der Waals surface area contributed by atoms with E-state index < -0.39 is 10.0 Å². The summed E-state index contributed by atoms with van der Waals surface area (Å²) in [5, 5.41) is 0. The molecule has 1 aliphatic rings. The summed E-state index contributed by atoms with van der Waals surface area (Å²) in [6.07, 6.45) is 2.03. The van der Waals surface area contributed by atoms with Gasteiger partial charge in [0.25, 0.3) is 0 Å². The van der Waals surface area contributed by atoms with Crippen LogP contribution in [0.3, 0.4) is 0 Å². The summed E-state index contributed by atoms with van der Waals surface area (Å²) >= 11 is 0. The number of nitrogens with one attached hydrogen (secondary N) is 1. The standard InChI is InChI=1S/C12H18N2O2S/c1-10-4-2-3-5-11(10)17(15,16)14-9-12(8-13)6-7-12/h2-5,14H,6-9,13H2,1H3. The van der Waals surface area contributed by atoms with E-state index in [9.17, 15) is 8.42 Å². The summed E-state index contributed by atoms with van der Waals surface area (Å²) in [5.41, 5.74) is 6.40. The Kier molecular flexibility index (Phi) is 3.25. The predicted molar refractivity (Wildman–Crippen MR) is 67.1 cm³/mol. The van der Waals surface area contributed by atoms with Crippen molar-refractivity contribution in [2.75, 3.05) is 13.1 Å². The number of hydrogen-bond donors (Lipinski definition) is 2. The minimum Gasteiger partial charge on any atom is -0.330 e. The molecule has 0 atom stereocenters. The van der Waals surface area contributed by atoms with Crippen molar-refractivity contribution >= 4 is 10.0 Å². The summed E-state index contributed by atoms with van der Waals surface area (Å²) in [4.78, 5) is 0.354. The van der Waals surface area contributed by atoms with Crippen LogP contribution in [0.2, 0.25) is 0 Å². The first-order valence-corrected chi connectivity index (χ1v) is 7.23. The molecule has 0 radical (unpaired) electrons. The first-order chi connectivity index (χ1) is 7.99. The van der Waals surface area contributed by atoms with E-state index in [4.69, 9.17) is 5.73 Å². The van der Waals surface area contributed by atoms with Gasteiger partial charge in [0.05, 0.1) is 4.90 Å². The average Bonchev–Trinajstić information content (AvgIpc) is 3.08. The normalized spacial score (nSPS) is 18.0. The fourth-order valence-electron chi connectivity index (χ4n) is 1.81. The molecule has 3 N–H and O–H groups in total. The van der Waals surface area contributed by atoms with Crippen LogP contribution in [0.1, 0.15) is 18.4 Å². The molecular weight excluding hydrogens is 236 g/mol. The first kappa shape index (κ1) is 12.5.